The molecule has 0 saturated carbocycles. The molecule has 0 aliphatic carbocycles. The average Bonchev–Trinajstić information content (AvgIpc) is 2.52. The van der Waals surface area contributed by atoms with Crippen LogP contribution in [0.5, 0.6) is 0 Å². The van der Waals surface area contributed by atoms with Gasteiger partial charge in [-0.1, -0.05) is 36.4 Å². The number of nitrogens with zero attached hydrogens (tertiary/aromatic N) is 1. The SMILES string of the molecule is C=CCC[C@@H](NC(=O)N1CCC[C@@H](O)C1)c1ccccc1. The minimum absolute atomic E-state index is 0.0178. The third-order valence-corrected chi connectivity index (χ3v) is 3.84. The van der Waals surface area contributed by atoms with Gasteiger partial charge in [0.05, 0.1) is 12.1 Å². The van der Waals surface area contributed by atoms with Crippen molar-refractivity contribution in [2.45, 2.75) is 37.8 Å². The highest BCUT2D eigenvalue weighted by molar-refractivity contribution is 5.74. The number of carbonyl (C=O) groups excluding carboxylic acids is 1. The van der Waals surface area contributed by atoms with Crippen molar-refractivity contribution in [2.24, 2.45) is 0 Å². The molecule has 1 saturated heterocycles. The minimum atomic E-state index is -0.396. The number of β-amino-alcohol motifs (C(OH)–C–C–N with tert-alkyl or cyclic N) is 1. The summed E-state index contributed by atoms with van der Waals surface area (Å²) in [5, 5.41) is 12.8. The highest BCUT2D eigenvalue weighted by atomic mass is 16.3. The minimum Gasteiger partial charge on any atom is -0.391 e. The number of aliphatic hydroxyl groups is 1. The molecule has 1 aliphatic rings. The number of nitrogens with one attached hydrogen (secondary N) is 1. The summed E-state index contributed by atoms with van der Waals surface area (Å²) in [6.07, 6.45) is 4.79. The third kappa shape index (κ3) is 4.60. The molecule has 114 valence electrons. The lowest BCUT2D eigenvalue weighted by Gasteiger charge is -2.32. The van der Waals surface area contributed by atoms with E-state index in [-0.39, 0.29) is 12.1 Å². The normalized spacial score (nSPS) is 19.9. The third-order valence-electron chi connectivity index (χ3n) is 3.84. The van der Waals surface area contributed by atoms with E-state index in [1.807, 2.05) is 36.4 Å². The highest BCUT2D eigenvalue weighted by Crippen LogP contribution is 2.19. The van der Waals surface area contributed by atoms with Crippen LogP contribution in [0.3, 0.4) is 0 Å². The molecule has 2 amide bonds. The van der Waals surface area contributed by atoms with Crippen LogP contribution >= 0.6 is 0 Å². The molecule has 0 aromatic heterocycles. The van der Waals surface area contributed by atoms with Gasteiger partial charge < -0.3 is 15.3 Å². The van der Waals surface area contributed by atoms with Crippen LogP contribution in [-0.4, -0.2) is 35.2 Å². The Hall–Kier alpha value is -1.81. The van der Waals surface area contributed by atoms with Gasteiger partial charge >= 0.3 is 6.03 Å². The average molecular weight is 288 g/mol. The van der Waals surface area contributed by atoms with Gasteiger partial charge in [-0.3, -0.25) is 0 Å². The monoisotopic (exact) mass is 288 g/mol. The van der Waals surface area contributed by atoms with Crippen molar-refractivity contribution in [3.05, 3.63) is 48.6 Å². The second-order valence-corrected chi connectivity index (χ2v) is 5.52. The highest BCUT2D eigenvalue weighted by Gasteiger charge is 2.24. The van der Waals surface area contributed by atoms with Gasteiger partial charge in [0.25, 0.3) is 0 Å². The fourth-order valence-electron chi connectivity index (χ4n) is 2.67. The molecule has 2 N–H and O–H groups in total. The quantitative estimate of drug-likeness (QED) is 0.819. The van der Waals surface area contributed by atoms with E-state index in [9.17, 15) is 9.90 Å². The molecule has 4 heteroatoms. The van der Waals surface area contributed by atoms with Gasteiger partial charge in [0.2, 0.25) is 0 Å². The molecular formula is C17H24N2O2. The van der Waals surface area contributed by atoms with Crippen LogP contribution in [0.4, 0.5) is 4.79 Å². The van der Waals surface area contributed by atoms with Crippen molar-refractivity contribution in [3.63, 3.8) is 0 Å². The number of hydrogen-bond donors (Lipinski definition) is 2. The van der Waals surface area contributed by atoms with Crippen LogP contribution in [0.25, 0.3) is 0 Å². The van der Waals surface area contributed by atoms with Gasteiger partial charge in [-0.25, -0.2) is 4.79 Å². The first kappa shape index (κ1) is 15.6. The molecule has 1 aliphatic heterocycles. The van der Waals surface area contributed by atoms with E-state index >= 15 is 0 Å². The summed E-state index contributed by atoms with van der Waals surface area (Å²) in [5.41, 5.74) is 1.10. The Morgan fingerprint density at radius 1 is 1.48 bits per heavy atom. The topological polar surface area (TPSA) is 52.6 Å². The Kier molecular flexibility index (Phi) is 5.81. The molecule has 0 bridgehead atoms. The van der Waals surface area contributed by atoms with Crippen LogP contribution in [-0.2, 0) is 0 Å². The van der Waals surface area contributed by atoms with Crippen molar-refractivity contribution in [2.75, 3.05) is 13.1 Å². The maximum Gasteiger partial charge on any atom is 0.317 e. The second kappa shape index (κ2) is 7.84. The first-order valence-electron chi connectivity index (χ1n) is 7.60. The van der Waals surface area contributed by atoms with E-state index in [4.69, 9.17) is 0 Å². The fraction of sp³-hybridized carbons (Fsp3) is 0.471. The van der Waals surface area contributed by atoms with E-state index in [0.29, 0.717) is 13.1 Å². The summed E-state index contributed by atoms with van der Waals surface area (Å²) in [4.78, 5) is 14.1. The van der Waals surface area contributed by atoms with Gasteiger partial charge in [0.1, 0.15) is 0 Å². The van der Waals surface area contributed by atoms with Crippen LogP contribution in [0.15, 0.2) is 43.0 Å². The molecule has 1 aromatic carbocycles. The Balaban J connectivity index is 2.00. The summed E-state index contributed by atoms with van der Waals surface area (Å²) in [7, 11) is 0. The Morgan fingerprint density at radius 2 is 2.24 bits per heavy atom. The summed E-state index contributed by atoms with van der Waals surface area (Å²) in [6.45, 7) is 4.89. The number of amides is 2. The zero-order valence-corrected chi connectivity index (χ0v) is 12.4. The number of rotatable bonds is 5. The smallest absolute Gasteiger partial charge is 0.317 e. The van der Waals surface area contributed by atoms with E-state index in [1.165, 1.54) is 0 Å². The number of piperidine rings is 1. The molecular weight excluding hydrogens is 264 g/mol. The molecule has 1 fully saturated rings. The number of carbonyl (C=O) groups is 1. The molecule has 21 heavy (non-hydrogen) atoms. The van der Waals surface area contributed by atoms with Crippen LogP contribution in [0, 0.1) is 0 Å². The molecule has 1 heterocycles. The summed E-state index contributed by atoms with van der Waals surface area (Å²) >= 11 is 0. The maximum absolute atomic E-state index is 12.4. The van der Waals surface area contributed by atoms with Crippen LogP contribution in [0.2, 0.25) is 0 Å². The van der Waals surface area contributed by atoms with E-state index in [0.717, 1.165) is 31.2 Å². The van der Waals surface area contributed by atoms with Crippen molar-refractivity contribution >= 4 is 6.03 Å². The standard InChI is InChI=1S/C17H24N2O2/c1-2-3-11-16(14-8-5-4-6-9-14)18-17(21)19-12-7-10-15(20)13-19/h2,4-6,8-9,15-16,20H,1,3,7,10-13H2,(H,18,21)/t15-,16-/m1/s1. The Labute approximate surface area is 126 Å². The first-order chi connectivity index (χ1) is 10.2. The number of hydrogen-bond acceptors (Lipinski definition) is 2. The zero-order valence-electron chi connectivity index (χ0n) is 12.4. The predicted molar refractivity (Wildman–Crippen MR) is 84.0 cm³/mol. The largest absolute Gasteiger partial charge is 0.391 e. The van der Waals surface area contributed by atoms with Gasteiger partial charge in [-0.05, 0) is 31.2 Å². The van der Waals surface area contributed by atoms with Crippen molar-refractivity contribution in [3.8, 4) is 0 Å². The van der Waals surface area contributed by atoms with Gasteiger partial charge in [-0.15, -0.1) is 6.58 Å². The molecule has 0 radical (unpaired) electrons. The lowest BCUT2D eigenvalue weighted by molar-refractivity contribution is 0.0832. The fourth-order valence-corrected chi connectivity index (χ4v) is 2.67. The molecule has 2 rings (SSSR count). The zero-order chi connectivity index (χ0) is 15.1. The predicted octanol–water partition coefficient (Wildman–Crippen LogP) is 2.86. The van der Waals surface area contributed by atoms with E-state index in [1.54, 1.807) is 4.90 Å². The van der Waals surface area contributed by atoms with Gasteiger partial charge in [-0.2, -0.15) is 0 Å². The van der Waals surface area contributed by atoms with Crippen LogP contribution in [0.1, 0.15) is 37.3 Å². The van der Waals surface area contributed by atoms with E-state index in [2.05, 4.69) is 11.9 Å². The van der Waals surface area contributed by atoms with Crippen LogP contribution < -0.4 is 5.32 Å². The maximum atomic E-state index is 12.4. The molecule has 2 atom stereocenters. The molecule has 0 spiro atoms. The van der Waals surface area contributed by atoms with Crippen molar-refractivity contribution in [1.29, 1.82) is 0 Å². The lowest BCUT2D eigenvalue weighted by Crippen LogP contribution is -2.48. The lowest BCUT2D eigenvalue weighted by atomic mass is 10.0. The summed E-state index contributed by atoms with van der Waals surface area (Å²) < 4.78 is 0. The number of allylic oxidation sites excluding steroid dienone is 1. The first-order valence-corrected chi connectivity index (χ1v) is 7.60. The number of benzene rings is 1. The molecule has 0 unspecified atom stereocenters. The molecule has 1 aromatic rings. The summed E-state index contributed by atoms with van der Waals surface area (Å²) in [5.74, 6) is 0. The number of likely N-dealkylation sites (tertiary alicyclic amines) is 1. The van der Waals surface area contributed by atoms with Gasteiger partial charge in [0, 0.05) is 13.1 Å². The second-order valence-electron chi connectivity index (χ2n) is 5.52. The Bertz CT molecular complexity index is 461. The summed E-state index contributed by atoms with van der Waals surface area (Å²) in [6, 6.07) is 9.87. The molecule has 4 nitrogen and oxygen atoms in total. The Morgan fingerprint density at radius 3 is 2.90 bits per heavy atom. The van der Waals surface area contributed by atoms with E-state index < -0.39 is 6.10 Å². The van der Waals surface area contributed by atoms with Crippen molar-refractivity contribution in [1.82, 2.24) is 10.2 Å². The van der Waals surface area contributed by atoms with Crippen molar-refractivity contribution < 1.29 is 9.90 Å². The van der Waals surface area contributed by atoms with Gasteiger partial charge in [0.15, 0.2) is 0 Å². The number of aliphatic hydroxyl groups excluding tert-OH is 1. The number of urea groups is 1.